The van der Waals surface area contributed by atoms with Crippen molar-refractivity contribution in [1.82, 2.24) is 0 Å². The van der Waals surface area contributed by atoms with Crippen molar-refractivity contribution in [3.05, 3.63) is 11.6 Å². The summed E-state index contributed by atoms with van der Waals surface area (Å²) in [6.07, 6.45) is 1.44. The van der Waals surface area contributed by atoms with E-state index in [9.17, 15) is 4.55 Å². The fraction of sp³-hybridized carbons (Fsp3) is 0.333. The SMILES string of the molecule is [O-][S+]1C=CN=NC1. The van der Waals surface area contributed by atoms with Gasteiger partial charge in [-0.15, -0.1) is 5.11 Å². The van der Waals surface area contributed by atoms with Crippen LogP contribution >= 0.6 is 0 Å². The number of hydrogen-bond donors (Lipinski definition) is 0. The largest absolute Gasteiger partial charge is 0.610 e. The number of azo groups is 1. The van der Waals surface area contributed by atoms with Gasteiger partial charge in [-0.1, -0.05) is 0 Å². The summed E-state index contributed by atoms with van der Waals surface area (Å²) in [6, 6.07) is 0. The highest BCUT2D eigenvalue weighted by Crippen LogP contribution is 1.99. The van der Waals surface area contributed by atoms with Crippen molar-refractivity contribution in [2.45, 2.75) is 0 Å². The van der Waals surface area contributed by atoms with Gasteiger partial charge in [-0.3, -0.25) is 0 Å². The van der Waals surface area contributed by atoms with Crippen LogP contribution < -0.4 is 0 Å². The summed E-state index contributed by atoms with van der Waals surface area (Å²) in [5, 5.41) is 8.50. The Labute approximate surface area is 44.3 Å². The molecule has 0 amide bonds. The highest BCUT2D eigenvalue weighted by molar-refractivity contribution is 7.94. The van der Waals surface area contributed by atoms with Crippen LogP contribution in [0.4, 0.5) is 0 Å². The third-order valence-corrected chi connectivity index (χ3v) is 1.34. The standard InChI is InChI=1S/C3H4N2OS/c6-7-2-1-4-5-3-7/h1-2H,3H2. The van der Waals surface area contributed by atoms with Gasteiger partial charge in [0, 0.05) is 11.2 Å². The van der Waals surface area contributed by atoms with Crippen LogP contribution in [0.25, 0.3) is 0 Å². The zero-order valence-corrected chi connectivity index (χ0v) is 4.39. The molecule has 1 unspecified atom stereocenters. The minimum absolute atomic E-state index is 0.330. The first kappa shape index (κ1) is 4.80. The Balaban J connectivity index is 2.49. The molecular weight excluding hydrogens is 112 g/mol. The van der Waals surface area contributed by atoms with Crippen LogP contribution in [-0.2, 0) is 11.2 Å². The second kappa shape index (κ2) is 2.09. The highest BCUT2D eigenvalue weighted by atomic mass is 32.2. The Kier molecular flexibility index (Phi) is 1.43. The molecule has 0 aromatic heterocycles. The molecule has 1 aliphatic rings. The fourth-order valence-electron chi connectivity index (χ4n) is 0.276. The molecule has 1 rings (SSSR count). The molecule has 0 aromatic carbocycles. The lowest BCUT2D eigenvalue weighted by molar-refractivity contribution is 0.601. The van der Waals surface area contributed by atoms with Gasteiger partial charge in [0.25, 0.3) is 0 Å². The summed E-state index contributed by atoms with van der Waals surface area (Å²) in [5.74, 6) is 0.330. The van der Waals surface area contributed by atoms with Gasteiger partial charge in [0.1, 0.15) is 5.41 Å². The Bertz CT molecular complexity index is 112. The lowest BCUT2D eigenvalue weighted by Crippen LogP contribution is -2.00. The predicted octanol–water partition coefficient (Wildman–Crippen LogP) is 0.630. The molecule has 3 nitrogen and oxygen atoms in total. The number of rotatable bonds is 0. The zero-order chi connectivity index (χ0) is 5.11. The van der Waals surface area contributed by atoms with Gasteiger partial charge in [0.05, 0.1) is 6.20 Å². The molecule has 0 bridgehead atoms. The molecule has 0 spiro atoms. The first-order chi connectivity index (χ1) is 3.39. The van der Waals surface area contributed by atoms with Gasteiger partial charge in [-0.05, 0) is 0 Å². The van der Waals surface area contributed by atoms with E-state index in [1.807, 2.05) is 0 Å². The van der Waals surface area contributed by atoms with Crippen molar-refractivity contribution in [3.63, 3.8) is 0 Å². The lowest BCUT2D eigenvalue weighted by atomic mass is 11.1. The smallest absolute Gasteiger partial charge is 0.219 e. The number of nitrogens with zero attached hydrogens (tertiary/aromatic N) is 2. The number of hydrogen-bond acceptors (Lipinski definition) is 3. The van der Waals surface area contributed by atoms with E-state index in [1.54, 1.807) is 0 Å². The molecule has 4 heteroatoms. The van der Waals surface area contributed by atoms with Crippen LogP contribution in [0.2, 0.25) is 0 Å². The van der Waals surface area contributed by atoms with Crippen LogP contribution in [0, 0.1) is 0 Å². The molecule has 0 radical (unpaired) electrons. The van der Waals surface area contributed by atoms with Gasteiger partial charge in [0.15, 0.2) is 0 Å². The first-order valence-electron chi connectivity index (χ1n) is 1.80. The van der Waals surface area contributed by atoms with E-state index in [-0.39, 0.29) is 0 Å². The summed E-state index contributed by atoms with van der Waals surface area (Å²) in [6.45, 7) is 0. The average Bonchev–Trinajstić information content (AvgIpc) is 1.69. The molecule has 38 valence electrons. The molecule has 0 fully saturated rings. The molecule has 0 saturated heterocycles. The van der Waals surface area contributed by atoms with Crippen molar-refractivity contribution in [2.24, 2.45) is 10.2 Å². The summed E-state index contributed by atoms with van der Waals surface area (Å²) >= 11 is -0.881. The van der Waals surface area contributed by atoms with Crippen molar-refractivity contribution < 1.29 is 4.55 Å². The Morgan fingerprint density at radius 3 is 2.86 bits per heavy atom. The summed E-state index contributed by atoms with van der Waals surface area (Å²) in [4.78, 5) is 0. The normalized spacial score (nSPS) is 28.4. The molecule has 1 heterocycles. The van der Waals surface area contributed by atoms with Crippen LogP contribution in [0.5, 0.6) is 0 Å². The third kappa shape index (κ3) is 1.29. The zero-order valence-electron chi connectivity index (χ0n) is 3.57. The second-order valence-electron chi connectivity index (χ2n) is 1.05. The summed E-state index contributed by atoms with van der Waals surface area (Å²) in [7, 11) is 0. The minimum atomic E-state index is -0.881. The quantitative estimate of drug-likeness (QED) is 0.428. The van der Waals surface area contributed by atoms with Crippen LogP contribution in [-0.4, -0.2) is 10.4 Å². The average molecular weight is 116 g/mol. The van der Waals surface area contributed by atoms with Crippen molar-refractivity contribution in [3.8, 4) is 0 Å². The van der Waals surface area contributed by atoms with E-state index >= 15 is 0 Å². The molecule has 0 N–H and O–H groups in total. The first-order valence-corrected chi connectivity index (χ1v) is 3.18. The monoisotopic (exact) mass is 116 g/mol. The van der Waals surface area contributed by atoms with Gasteiger partial charge in [-0.25, -0.2) is 0 Å². The second-order valence-corrected chi connectivity index (χ2v) is 2.34. The maximum atomic E-state index is 10.3. The van der Waals surface area contributed by atoms with Crippen LogP contribution in [0.1, 0.15) is 0 Å². The van der Waals surface area contributed by atoms with Gasteiger partial charge < -0.3 is 4.55 Å². The van der Waals surface area contributed by atoms with E-state index in [2.05, 4.69) is 10.2 Å². The van der Waals surface area contributed by atoms with Crippen LogP contribution in [0.15, 0.2) is 21.8 Å². The van der Waals surface area contributed by atoms with E-state index in [0.717, 1.165) is 0 Å². The van der Waals surface area contributed by atoms with Crippen molar-refractivity contribution in [2.75, 3.05) is 5.88 Å². The summed E-state index contributed by atoms with van der Waals surface area (Å²) in [5.41, 5.74) is 0. The molecule has 1 atom stereocenters. The Morgan fingerprint density at radius 2 is 2.57 bits per heavy atom. The Morgan fingerprint density at radius 1 is 1.71 bits per heavy atom. The van der Waals surface area contributed by atoms with Crippen molar-refractivity contribution in [1.29, 1.82) is 0 Å². The Hall–Kier alpha value is -0.350. The fourth-order valence-corrected chi connectivity index (χ4v) is 0.732. The third-order valence-electron chi connectivity index (χ3n) is 0.546. The van der Waals surface area contributed by atoms with E-state index in [1.165, 1.54) is 11.6 Å². The van der Waals surface area contributed by atoms with Gasteiger partial charge >= 0.3 is 0 Å². The van der Waals surface area contributed by atoms with Gasteiger partial charge in [-0.2, -0.15) is 5.11 Å². The van der Waals surface area contributed by atoms with Crippen LogP contribution in [0.3, 0.4) is 0 Å². The molecule has 1 aliphatic heterocycles. The van der Waals surface area contributed by atoms with Gasteiger partial charge in [0.2, 0.25) is 5.88 Å². The summed E-state index contributed by atoms with van der Waals surface area (Å²) < 4.78 is 10.3. The van der Waals surface area contributed by atoms with E-state index in [0.29, 0.717) is 5.88 Å². The van der Waals surface area contributed by atoms with E-state index < -0.39 is 11.2 Å². The van der Waals surface area contributed by atoms with E-state index in [4.69, 9.17) is 0 Å². The maximum absolute atomic E-state index is 10.3. The molecule has 0 aliphatic carbocycles. The predicted molar refractivity (Wildman–Crippen MR) is 27.0 cm³/mol. The molecular formula is C3H4N2OS. The minimum Gasteiger partial charge on any atom is -0.610 e. The highest BCUT2D eigenvalue weighted by Gasteiger charge is 1.99. The molecule has 7 heavy (non-hydrogen) atoms. The molecule has 0 saturated carbocycles. The van der Waals surface area contributed by atoms with Crippen molar-refractivity contribution >= 4 is 11.2 Å². The maximum Gasteiger partial charge on any atom is 0.219 e. The lowest BCUT2D eigenvalue weighted by Gasteiger charge is -2.00. The molecule has 0 aromatic rings. The topological polar surface area (TPSA) is 47.8 Å².